The zero-order valence-corrected chi connectivity index (χ0v) is 14.9. The van der Waals surface area contributed by atoms with E-state index in [0.717, 1.165) is 25.7 Å². The Morgan fingerprint density at radius 3 is 2.30 bits per heavy atom. The van der Waals surface area contributed by atoms with Gasteiger partial charge in [-0.15, -0.1) is 0 Å². The highest BCUT2D eigenvalue weighted by Crippen LogP contribution is 2.27. The molecule has 2 bridgehead atoms. The fourth-order valence-corrected chi connectivity index (χ4v) is 4.99. The van der Waals surface area contributed by atoms with Crippen molar-refractivity contribution in [3.63, 3.8) is 0 Å². The van der Waals surface area contributed by atoms with Crippen LogP contribution in [0.3, 0.4) is 0 Å². The maximum Gasteiger partial charge on any atom is 0.240 e. The second-order valence-corrected chi connectivity index (χ2v) is 9.22. The number of aryl methyl sites for hydroxylation is 1. The maximum atomic E-state index is 12.6. The summed E-state index contributed by atoms with van der Waals surface area (Å²) >= 11 is 0. The third-order valence-corrected chi connectivity index (χ3v) is 6.58. The Balaban J connectivity index is 1.62. The minimum Gasteiger partial charge on any atom is -0.311 e. The highest BCUT2D eigenvalue weighted by molar-refractivity contribution is 7.89. The van der Waals surface area contributed by atoms with Gasteiger partial charge in [0.1, 0.15) is 0 Å². The van der Waals surface area contributed by atoms with Crippen molar-refractivity contribution in [2.75, 3.05) is 0 Å². The molecule has 2 N–H and O–H groups in total. The van der Waals surface area contributed by atoms with E-state index in [1.807, 2.05) is 12.1 Å². The topological polar surface area (TPSA) is 58.2 Å². The van der Waals surface area contributed by atoms with Gasteiger partial charge < -0.3 is 5.32 Å². The maximum absolute atomic E-state index is 12.6. The molecule has 0 radical (unpaired) electrons. The highest BCUT2D eigenvalue weighted by Gasteiger charge is 2.35. The first-order valence-electron chi connectivity index (χ1n) is 8.79. The minimum absolute atomic E-state index is 0.0689. The van der Waals surface area contributed by atoms with Crippen molar-refractivity contribution in [2.24, 2.45) is 5.92 Å². The fraction of sp³-hybridized carbons (Fsp3) is 0.667. The molecule has 2 unspecified atom stereocenters. The number of nitrogens with one attached hydrogen (secondary N) is 2. The summed E-state index contributed by atoms with van der Waals surface area (Å²) in [5.74, 6) is 0.662. The molecular formula is C18H28N2O2S. The number of piperidine rings is 1. The third-order valence-electron chi connectivity index (χ3n) is 5.04. The fourth-order valence-electron chi connectivity index (χ4n) is 3.73. The van der Waals surface area contributed by atoms with Gasteiger partial charge in [0, 0.05) is 18.1 Å². The van der Waals surface area contributed by atoms with Gasteiger partial charge in [-0.25, -0.2) is 13.1 Å². The molecule has 4 nitrogen and oxygen atoms in total. The Morgan fingerprint density at radius 1 is 1.13 bits per heavy atom. The lowest BCUT2D eigenvalue weighted by atomic mass is 10.0. The average molecular weight is 337 g/mol. The molecule has 0 aromatic heterocycles. The second kappa shape index (κ2) is 6.91. The van der Waals surface area contributed by atoms with Crippen LogP contribution < -0.4 is 10.0 Å². The van der Waals surface area contributed by atoms with Gasteiger partial charge in [-0.1, -0.05) is 26.0 Å². The lowest BCUT2D eigenvalue weighted by molar-refractivity contribution is 0.345. The molecule has 0 amide bonds. The van der Waals surface area contributed by atoms with Crippen LogP contribution in [0.25, 0.3) is 0 Å². The summed E-state index contributed by atoms with van der Waals surface area (Å²) in [4.78, 5) is 0.386. The zero-order valence-electron chi connectivity index (χ0n) is 14.1. The monoisotopic (exact) mass is 336 g/mol. The lowest BCUT2D eigenvalue weighted by Crippen LogP contribution is -2.47. The van der Waals surface area contributed by atoms with Crippen LogP contribution in [0.4, 0.5) is 0 Å². The normalized spacial score (nSPS) is 27.5. The first-order valence-corrected chi connectivity index (χ1v) is 10.3. The summed E-state index contributed by atoms with van der Waals surface area (Å²) in [6, 6.07) is 8.42. The summed E-state index contributed by atoms with van der Waals surface area (Å²) in [6.07, 6.45) is 6.29. The molecule has 0 spiro atoms. The molecule has 5 heteroatoms. The van der Waals surface area contributed by atoms with Crippen molar-refractivity contribution in [1.29, 1.82) is 0 Å². The molecule has 2 aliphatic heterocycles. The quantitative estimate of drug-likeness (QED) is 0.840. The summed E-state index contributed by atoms with van der Waals surface area (Å²) in [7, 11) is -3.40. The summed E-state index contributed by atoms with van der Waals surface area (Å²) in [6.45, 7) is 4.41. The number of hydrogen-bond donors (Lipinski definition) is 2. The van der Waals surface area contributed by atoms with Gasteiger partial charge in [0.25, 0.3) is 0 Å². The Bertz CT molecular complexity index is 613. The molecule has 2 fully saturated rings. The predicted octanol–water partition coefficient (Wildman–Crippen LogP) is 2.84. The van der Waals surface area contributed by atoms with Gasteiger partial charge in [-0.3, -0.25) is 0 Å². The Labute approximate surface area is 140 Å². The van der Waals surface area contributed by atoms with E-state index in [0.29, 0.717) is 22.9 Å². The van der Waals surface area contributed by atoms with Crippen molar-refractivity contribution < 1.29 is 8.42 Å². The van der Waals surface area contributed by atoms with Gasteiger partial charge in [0.15, 0.2) is 0 Å². The third kappa shape index (κ3) is 4.34. The zero-order chi connectivity index (χ0) is 16.4. The first kappa shape index (κ1) is 16.9. The van der Waals surface area contributed by atoms with E-state index in [4.69, 9.17) is 0 Å². The molecule has 2 atom stereocenters. The molecule has 1 aromatic rings. The lowest BCUT2D eigenvalue weighted by Gasteiger charge is -2.29. The van der Waals surface area contributed by atoms with E-state index in [9.17, 15) is 8.42 Å². The van der Waals surface area contributed by atoms with Crippen LogP contribution in [0.2, 0.25) is 0 Å². The van der Waals surface area contributed by atoms with Crippen LogP contribution in [0.1, 0.15) is 51.5 Å². The van der Waals surface area contributed by atoms with Gasteiger partial charge in [-0.2, -0.15) is 0 Å². The van der Waals surface area contributed by atoms with Crippen LogP contribution in [0.15, 0.2) is 29.2 Å². The van der Waals surface area contributed by atoms with Crippen molar-refractivity contribution in [2.45, 2.75) is 75.4 Å². The van der Waals surface area contributed by atoms with Crippen LogP contribution in [0, 0.1) is 5.92 Å². The first-order chi connectivity index (χ1) is 10.9. The van der Waals surface area contributed by atoms with E-state index < -0.39 is 10.0 Å². The van der Waals surface area contributed by atoms with E-state index in [-0.39, 0.29) is 6.04 Å². The molecule has 2 saturated heterocycles. The Morgan fingerprint density at radius 2 is 1.74 bits per heavy atom. The molecule has 1 aromatic carbocycles. The van der Waals surface area contributed by atoms with Crippen LogP contribution in [-0.4, -0.2) is 26.5 Å². The number of rotatable bonds is 6. The predicted molar refractivity (Wildman–Crippen MR) is 92.9 cm³/mol. The van der Waals surface area contributed by atoms with Crippen molar-refractivity contribution >= 4 is 10.0 Å². The van der Waals surface area contributed by atoms with Crippen molar-refractivity contribution in [3.8, 4) is 0 Å². The summed E-state index contributed by atoms with van der Waals surface area (Å²) in [5, 5.41) is 3.54. The number of hydrogen-bond acceptors (Lipinski definition) is 3. The second-order valence-electron chi connectivity index (χ2n) is 7.50. The largest absolute Gasteiger partial charge is 0.311 e. The van der Waals surface area contributed by atoms with Crippen molar-refractivity contribution in [1.82, 2.24) is 10.0 Å². The van der Waals surface area contributed by atoms with Gasteiger partial charge in [0.05, 0.1) is 4.90 Å². The number of sulfonamides is 1. The SMILES string of the molecule is CC(C)CCc1ccc(S(=O)(=O)NC2CC3CCC(C2)N3)cc1. The van der Waals surface area contributed by atoms with E-state index in [1.54, 1.807) is 12.1 Å². The molecular weight excluding hydrogens is 308 g/mol. The number of benzene rings is 1. The van der Waals surface area contributed by atoms with Crippen molar-refractivity contribution in [3.05, 3.63) is 29.8 Å². The molecule has 0 saturated carbocycles. The van der Waals surface area contributed by atoms with E-state index in [2.05, 4.69) is 23.9 Å². The minimum atomic E-state index is -3.40. The molecule has 0 aliphatic carbocycles. The Hall–Kier alpha value is -0.910. The molecule has 2 heterocycles. The smallest absolute Gasteiger partial charge is 0.240 e. The van der Waals surface area contributed by atoms with E-state index >= 15 is 0 Å². The molecule has 23 heavy (non-hydrogen) atoms. The molecule has 3 rings (SSSR count). The summed E-state index contributed by atoms with van der Waals surface area (Å²) in [5.41, 5.74) is 1.21. The molecule has 2 aliphatic rings. The van der Waals surface area contributed by atoms with Gasteiger partial charge in [-0.05, 0) is 62.1 Å². The summed E-state index contributed by atoms with van der Waals surface area (Å²) < 4.78 is 28.1. The van der Waals surface area contributed by atoms with Crippen LogP contribution in [0.5, 0.6) is 0 Å². The highest BCUT2D eigenvalue weighted by atomic mass is 32.2. The van der Waals surface area contributed by atoms with Crippen LogP contribution >= 0.6 is 0 Å². The van der Waals surface area contributed by atoms with E-state index in [1.165, 1.54) is 18.4 Å². The van der Waals surface area contributed by atoms with Gasteiger partial charge in [0.2, 0.25) is 10.0 Å². The van der Waals surface area contributed by atoms with Crippen LogP contribution in [-0.2, 0) is 16.4 Å². The number of fused-ring (bicyclic) bond motifs is 2. The average Bonchev–Trinajstić information content (AvgIpc) is 2.84. The standard InChI is InChI=1S/C18H28N2O2S/c1-13(2)3-4-14-5-9-18(10-6-14)23(21,22)20-17-11-15-7-8-16(12-17)19-15/h5-6,9-10,13,15-17,19-20H,3-4,7-8,11-12H2,1-2H3. The Kier molecular flexibility index (Phi) is 5.09. The molecule has 128 valence electrons. The van der Waals surface area contributed by atoms with Gasteiger partial charge >= 0.3 is 0 Å².